The van der Waals surface area contributed by atoms with Crippen molar-refractivity contribution in [3.63, 3.8) is 0 Å². The lowest BCUT2D eigenvalue weighted by Crippen LogP contribution is -2.33. The highest BCUT2D eigenvalue weighted by molar-refractivity contribution is 6.23. The van der Waals surface area contributed by atoms with Crippen LogP contribution in [0, 0.1) is 0 Å². The van der Waals surface area contributed by atoms with E-state index in [1.807, 2.05) is 0 Å². The van der Waals surface area contributed by atoms with E-state index in [9.17, 15) is 0 Å². The average Bonchev–Trinajstić information content (AvgIpc) is 1.50. The van der Waals surface area contributed by atoms with Crippen molar-refractivity contribution in [2.75, 3.05) is 4.90 Å². The number of hydrogen-bond acceptors (Lipinski definition) is 4. The number of anilines is 3. The van der Waals surface area contributed by atoms with Crippen molar-refractivity contribution in [2.45, 2.75) is 242 Å². The number of rotatable bonds is 31. The first-order chi connectivity index (χ1) is 67.8. The van der Waals surface area contributed by atoms with E-state index in [2.05, 4.69) is 382 Å². The van der Waals surface area contributed by atoms with Crippen molar-refractivity contribution in [2.24, 2.45) is 0 Å². The number of hydrogen-bond donors (Lipinski definition) is 0. The van der Waals surface area contributed by atoms with Gasteiger partial charge < -0.3 is 18.2 Å². The number of para-hydroxylation sites is 3. The third-order valence-electron chi connectivity index (χ3n) is 34.5. The standard InChI is InChI=1S/C134H125NO3/c1-9-13-17-21-47-77-131(78-48-22-18-14-10-2)104-65-43-38-60-95(104)122-126(131)125-118(120-100-63-41-46-68-113(100)138-128(120)122)97-74-71-91(82-107(97)132(125,79-49-23-19-15-11-3)80-50-24-20-16-12-4)135(90-70-73-96-106(81-90)130(7,8)124-121(96)127-119(99-62-40-45-67-112(99)137-127)117-94-59-37-42-64-103(94)129(5,6)123(117)124)92-69-72-93-101-84-110-102(85-109(101)134(108(93)83-92,88-55-33-27-34-56-88)89-57-35-28-36-58-89)115-105(75-76-114-116(115)98-61-39-44-66-111(98)136-114)133(110,86-51-29-25-30-52-86)87-53-31-26-32-54-87/h25-46,51-76,81-85H,9-24,47-50,77-80H2,1-8H3. The molecular formula is C134H125NO3. The summed E-state index contributed by atoms with van der Waals surface area (Å²) >= 11 is 0. The van der Waals surface area contributed by atoms with Gasteiger partial charge in [0.05, 0.1) is 10.8 Å². The smallest absolute Gasteiger partial charge is 0.144 e. The van der Waals surface area contributed by atoms with Crippen molar-refractivity contribution in [1.29, 1.82) is 0 Å². The van der Waals surface area contributed by atoms with E-state index in [1.165, 1.54) is 287 Å². The Hall–Kier alpha value is -13.3. The van der Waals surface area contributed by atoms with E-state index in [0.29, 0.717) is 0 Å². The van der Waals surface area contributed by atoms with Crippen LogP contribution in [0.25, 0.3) is 133 Å². The number of benzene rings is 16. The number of fused-ring (bicyclic) bond motifs is 34. The molecule has 0 fully saturated rings. The molecule has 19 aromatic rings. The molecule has 0 aliphatic heterocycles. The highest BCUT2D eigenvalue weighted by Crippen LogP contribution is 2.71. The molecule has 0 saturated carbocycles. The van der Waals surface area contributed by atoms with Gasteiger partial charge in [0.15, 0.2) is 0 Å². The maximum absolute atomic E-state index is 7.81. The molecule has 4 heteroatoms. The molecule has 16 aromatic carbocycles. The fourth-order valence-corrected chi connectivity index (χ4v) is 28.5. The van der Waals surface area contributed by atoms with Crippen molar-refractivity contribution in [3.8, 4) is 66.8 Å². The molecule has 684 valence electrons. The second-order valence-electron chi connectivity index (χ2n) is 42.7. The highest BCUT2D eigenvalue weighted by Gasteiger charge is 2.58. The number of furan rings is 3. The maximum Gasteiger partial charge on any atom is 0.144 e. The Morgan fingerprint density at radius 2 is 0.558 bits per heavy atom. The fourth-order valence-electron chi connectivity index (χ4n) is 28.5. The van der Waals surface area contributed by atoms with Gasteiger partial charge in [-0.1, -0.05) is 433 Å². The summed E-state index contributed by atoms with van der Waals surface area (Å²) in [6, 6.07) is 126. The van der Waals surface area contributed by atoms with Crippen LogP contribution in [0.3, 0.4) is 0 Å². The van der Waals surface area contributed by atoms with Gasteiger partial charge in [0.25, 0.3) is 0 Å². The van der Waals surface area contributed by atoms with Gasteiger partial charge in [0.2, 0.25) is 0 Å². The molecule has 138 heavy (non-hydrogen) atoms. The lowest BCUT2D eigenvalue weighted by atomic mass is 9.62. The van der Waals surface area contributed by atoms with Crippen molar-refractivity contribution in [1.82, 2.24) is 0 Å². The minimum absolute atomic E-state index is 0.241. The van der Waals surface area contributed by atoms with Crippen LogP contribution < -0.4 is 4.90 Å². The Labute approximate surface area is 814 Å². The molecule has 0 amide bonds. The summed E-state index contributed by atoms with van der Waals surface area (Å²) in [5.41, 5.74) is 43.4. The minimum Gasteiger partial charge on any atom is -0.456 e. The van der Waals surface area contributed by atoms with Crippen LogP contribution in [0.2, 0.25) is 0 Å². The van der Waals surface area contributed by atoms with Crippen LogP contribution >= 0.6 is 0 Å². The predicted octanol–water partition coefficient (Wildman–Crippen LogP) is 38.2. The number of nitrogens with zero attached hydrogens (tertiary/aromatic N) is 1. The zero-order valence-corrected chi connectivity index (χ0v) is 81.7. The molecule has 0 radical (unpaired) electrons. The van der Waals surface area contributed by atoms with Gasteiger partial charge in [-0.15, -0.1) is 0 Å². The van der Waals surface area contributed by atoms with Gasteiger partial charge in [-0.25, -0.2) is 0 Å². The topological polar surface area (TPSA) is 42.7 Å². The zero-order chi connectivity index (χ0) is 93.0. The molecule has 0 saturated heterocycles. The molecule has 0 spiro atoms. The van der Waals surface area contributed by atoms with Gasteiger partial charge in [-0.2, -0.15) is 0 Å². The van der Waals surface area contributed by atoms with Crippen LogP contribution in [0.15, 0.2) is 335 Å². The second kappa shape index (κ2) is 33.8. The summed E-state index contributed by atoms with van der Waals surface area (Å²) in [4.78, 5) is 2.76. The Morgan fingerprint density at radius 1 is 0.217 bits per heavy atom. The predicted molar refractivity (Wildman–Crippen MR) is 579 cm³/mol. The van der Waals surface area contributed by atoms with Gasteiger partial charge in [0.1, 0.15) is 33.5 Å². The van der Waals surface area contributed by atoms with Gasteiger partial charge >= 0.3 is 0 Å². The third-order valence-corrected chi connectivity index (χ3v) is 34.5. The van der Waals surface area contributed by atoms with Gasteiger partial charge in [-0.3, -0.25) is 0 Å². The Balaban J connectivity index is 0.785. The lowest BCUT2D eigenvalue weighted by Gasteiger charge is -2.40. The molecule has 6 aliphatic carbocycles. The Bertz CT molecular complexity index is 7910. The first kappa shape index (κ1) is 86.3. The van der Waals surface area contributed by atoms with Crippen LogP contribution in [0.5, 0.6) is 0 Å². The molecule has 25 rings (SSSR count). The van der Waals surface area contributed by atoms with Crippen LogP contribution in [0.4, 0.5) is 17.1 Å². The summed E-state index contributed by atoms with van der Waals surface area (Å²) < 4.78 is 22.3. The molecule has 0 bridgehead atoms. The molecule has 4 nitrogen and oxygen atoms in total. The Kier molecular flexibility index (Phi) is 21.2. The van der Waals surface area contributed by atoms with E-state index in [0.717, 1.165) is 94.2 Å². The van der Waals surface area contributed by atoms with Crippen LogP contribution in [-0.2, 0) is 32.5 Å². The van der Waals surface area contributed by atoms with E-state index >= 15 is 0 Å². The second-order valence-corrected chi connectivity index (χ2v) is 42.7. The van der Waals surface area contributed by atoms with Crippen molar-refractivity contribution >= 4 is 82.9 Å². The first-order valence-corrected chi connectivity index (χ1v) is 52.7. The van der Waals surface area contributed by atoms with Crippen LogP contribution in [0.1, 0.15) is 299 Å². The quantitative estimate of drug-likeness (QED) is 0.0406. The minimum atomic E-state index is -0.856. The molecule has 0 unspecified atom stereocenters. The summed E-state index contributed by atoms with van der Waals surface area (Å²) in [6.07, 6.45) is 28.8. The van der Waals surface area contributed by atoms with E-state index in [1.54, 1.807) is 11.1 Å². The van der Waals surface area contributed by atoms with E-state index < -0.39 is 16.2 Å². The molecule has 3 heterocycles. The fraction of sp³-hybridized carbons (Fsp3) is 0.284. The Morgan fingerprint density at radius 3 is 1.07 bits per heavy atom. The average molecular weight is 1800 g/mol. The summed E-state index contributed by atoms with van der Waals surface area (Å²) in [7, 11) is 0. The first-order valence-electron chi connectivity index (χ1n) is 52.7. The summed E-state index contributed by atoms with van der Waals surface area (Å²) in [5.74, 6) is 0. The largest absolute Gasteiger partial charge is 0.456 e. The highest BCUT2D eigenvalue weighted by atomic mass is 16.3. The summed E-state index contributed by atoms with van der Waals surface area (Å²) in [6.45, 7) is 19.6. The lowest BCUT2D eigenvalue weighted by molar-refractivity contribution is 0.369. The third kappa shape index (κ3) is 12.5. The molecule has 0 N–H and O–H groups in total. The molecule has 6 aliphatic rings. The van der Waals surface area contributed by atoms with Crippen LogP contribution in [-0.4, -0.2) is 0 Å². The van der Waals surface area contributed by atoms with Crippen molar-refractivity contribution in [3.05, 3.63) is 411 Å². The zero-order valence-electron chi connectivity index (χ0n) is 81.7. The molecule has 3 aromatic heterocycles. The summed E-state index contributed by atoms with van der Waals surface area (Å²) in [5, 5.41) is 7.19. The molecule has 0 atom stereocenters. The van der Waals surface area contributed by atoms with Gasteiger partial charge in [0, 0.05) is 82.2 Å². The van der Waals surface area contributed by atoms with E-state index in [4.69, 9.17) is 13.3 Å². The molecular weight excluding hydrogens is 1670 g/mol. The SMILES string of the molecule is CCCCCCCC1(CCCCCCC)c2ccccc2-c2c1c1c(c3c2oc2ccccc23)-c2ccc(N(c3ccc4c(c3)C(C)(C)c3c5c(c6c(oc7ccccc76)c3-4)-c3ccccc3C5(C)C)c3ccc4c(c3)C(c3ccccc3)(c3ccccc3)c3cc5c(cc3-4)C(c3ccccc3)(c3ccccc3)c3ccc4oc6ccccc6c4c3-5)cc2C1(CCCCCCC)CCCCCCC. The van der Waals surface area contributed by atoms with E-state index in [-0.39, 0.29) is 16.2 Å². The van der Waals surface area contributed by atoms with Crippen molar-refractivity contribution < 1.29 is 13.3 Å². The number of unbranched alkanes of at least 4 members (excludes halogenated alkanes) is 16. The normalized spacial score (nSPS) is 15.4. The monoisotopic (exact) mass is 1800 g/mol. The van der Waals surface area contributed by atoms with Gasteiger partial charge in [-0.05, 0) is 243 Å². The maximum atomic E-state index is 7.81.